The topological polar surface area (TPSA) is 52.6 Å². The molecule has 1 rings (SSSR count). The fourth-order valence-corrected chi connectivity index (χ4v) is 4.12. The lowest BCUT2D eigenvalue weighted by atomic mass is 9.84. The van der Waals surface area contributed by atoms with Gasteiger partial charge >= 0.3 is 13.3 Å². The van der Waals surface area contributed by atoms with Crippen LogP contribution in [0.15, 0.2) is 18.2 Å². The summed E-state index contributed by atoms with van der Waals surface area (Å²) in [6.07, 6.45) is 2.21. The van der Waals surface area contributed by atoms with Gasteiger partial charge in [-0.25, -0.2) is 4.79 Å². The smallest absolute Gasteiger partial charge is 0.420 e. The molecule has 23 heavy (non-hydrogen) atoms. The summed E-state index contributed by atoms with van der Waals surface area (Å²) in [5, 5.41) is 0. The van der Waals surface area contributed by atoms with E-state index < -0.39 is 13.3 Å². The molecule has 5 heteroatoms. The quantitative estimate of drug-likeness (QED) is 0.616. The van der Waals surface area contributed by atoms with E-state index in [4.69, 9.17) is 9.47 Å². The Balaban J connectivity index is 2.80. The molecule has 0 aliphatic rings. The van der Waals surface area contributed by atoms with Gasteiger partial charge in [0, 0.05) is 0 Å². The molecule has 0 spiro atoms. The van der Waals surface area contributed by atoms with E-state index in [2.05, 4.69) is 27.7 Å². The van der Waals surface area contributed by atoms with E-state index in [0.717, 1.165) is 12.8 Å². The fourth-order valence-electron chi connectivity index (χ4n) is 2.77. The Morgan fingerprint density at radius 3 is 2.13 bits per heavy atom. The molecule has 0 bridgehead atoms. The van der Waals surface area contributed by atoms with Crippen LogP contribution in [0.5, 0.6) is 11.5 Å². The van der Waals surface area contributed by atoms with Crippen molar-refractivity contribution in [2.45, 2.75) is 40.5 Å². The molecule has 0 radical (unpaired) electrons. The van der Waals surface area contributed by atoms with E-state index in [1.54, 1.807) is 18.2 Å². The number of hydrogen-bond acceptors (Lipinski definition) is 4. The largest absolute Gasteiger partial charge is 0.496 e. The minimum Gasteiger partial charge on any atom is -0.496 e. The third kappa shape index (κ3) is 5.95. The molecule has 0 saturated carbocycles. The van der Waals surface area contributed by atoms with Gasteiger partial charge in [-0.15, -0.1) is 0 Å². The van der Waals surface area contributed by atoms with Crippen molar-refractivity contribution in [3.05, 3.63) is 23.8 Å². The van der Waals surface area contributed by atoms with Gasteiger partial charge in [-0.2, -0.15) is 0 Å². The highest BCUT2D eigenvalue weighted by molar-refractivity contribution is 7.64. The zero-order valence-electron chi connectivity index (χ0n) is 15.0. The van der Waals surface area contributed by atoms with Gasteiger partial charge in [-0.3, -0.25) is 0 Å². The minimum absolute atomic E-state index is 0.237. The lowest BCUT2D eigenvalue weighted by Gasteiger charge is -2.22. The van der Waals surface area contributed by atoms with Crippen molar-refractivity contribution in [1.82, 2.24) is 0 Å². The van der Waals surface area contributed by atoms with Crippen molar-refractivity contribution in [3.8, 4) is 11.5 Å². The van der Waals surface area contributed by atoms with E-state index in [1.807, 2.05) is 0 Å². The summed E-state index contributed by atoms with van der Waals surface area (Å²) in [5.41, 5.74) is 0.125. The lowest BCUT2D eigenvalue weighted by molar-refractivity contribution is 0.107. The van der Waals surface area contributed by atoms with Crippen molar-refractivity contribution in [3.63, 3.8) is 0 Å². The summed E-state index contributed by atoms with van der Waals surface area (Å²) in [4.78, 5) is 12.6. The summed E-state index contributed by atoms with van der Waals surface area (Å²) >= 11 is 0. The Morgan fingerprint density at radius 2 is 1.70 bits per heavy atom. The Morgan fingerprint density at radius 1 is 1.17 bits per heavy atom. The monoisotopic (exact) mass is 339 g/mol. The standard InChI is InChI=1S/C18H28O4P/c1-13(12-18(2,3)4)10-11-23(20)17(19)16-14(21-5)8-7-9-15(16)22-6/h7-9,13H,10-12H2,1-6H3/q+1. The Hall–Kier alpha value is -1.41. The minimum atomic E-state index is -1.98. The Kier molecular flexibility index (Phi) is 7.21. The first kappa shape index (κ1) is 19.6. The molecule has 1 aromatic rings. The zero-order valence-corrected chi connectivity index (χ0v) is 15.9. The molecule has 128 valence electrons. The van der Waals surface area contributed by atoms with Crippen molar-refractivity contribution in [1.29, 1.82) is 0 Å². The van der Waals surface area contributed by atoms with Gasteiger partial charge in [0.15, 0.2) is 11.7 Å². The Bertz CT molecular complexity index is 538. The van der Waals surface area contributed by atoms with Crippen molar-refractivity contribution in [2.75, 3.05) is 20.4 Å². The first-order chi connectivity index (χ1) is 10.7. The average molecular weight is 339 g/mol. The van der Waals surface area contributed by atoms with Crippen LogP contribution in [0.4, 0.5) is 0 Å². The number of hydrogen-bond donors (Lipinski definition) is 0. The average Bonchev–Trinajstić information content (AvgIpc) is 2.49. The number of methoxy groups -OCH3 is 2. The van der Waals surface area contributed by atoms with Crippen LogP contribution in [0.3, 0.4) is 0 Å². The lowest BCUT2D eigenvalue weighted by Crippen LogP contribution is -2.12. The molecule has 0 fully saturated rings. The maximum Gasteiger partial charge on any atom is 0.420 e. The highest BCUT2D eigenvalue weighted by atomic mass is 31.1. The highest BCUT2D eigenvalue weighted by Gasteiger charge is 2.35. The predicted octanol–water partition coefficient (Wildman–Crippen LogP) is 5.13. The summed E-state index contributed by atoms with van der Waals surface area (Å²) in [6.45, 7) is 8.71. The molecule has 0 N–H and O–H groups in total. The highest BCUT2D eigenvalue weighted by Crippen LogP contribution is 2.38. The van der Waals surface area contributed by atoms with Gasteiger partial charge in [-0.05, 0) is 36.3 Å². The zero-order chi connectivity index (χ0) is 17.6. The van der Waals surface area contributed by atoms with Crippen LogP contribution in [-0.4, -0.2) is 25.9 Å². The second-order valence-electron chi connectivity index (χ2n) is 7.10. The molecule has 2 unspecified atom stereocenters. The number of ether oxygens (including phenoxy) is 2. The van der Waals surface area contributed by atoms with Crippen molar-refractivity contribution < 1.29 is 18.8 Å². The van der Waals surface area contributed by atoms with E-state index >= 15 is 0 Å². The first-order valence-corrected chi connectivity index (χ1v) is 9.34. The van der Waals surface area contributed by atoms with Gasteiger partial charge in [0.25, 0.3) is 0 Å². The fraction of sp³-hybridized carbons (Fsp3) is 0.611. The third-order valence-corrected chi connectivity index (χ3v) is 5.00. The number of carbonyl (C=O) groups is 1. The van der Waals surface area contributed by atoms with E-state index in [9.17, 15) is 9.36 Å². The molecule has 0 aliphatic heterocycles. The SMILES string of the molecule is COc1cccc(OC)c1C(=O)[P+](=O)CCC(C)CC(C)(C)C. The van der Waals surface area contributed by atoms with Gasteiger partial charge in [0.1, 0.15) is 11.5 Å². The molecule has 2 atom stereocenters. The number of benzene rings is 1. The summed E-state index contributed by atoms with van der Waals surface area (Å²) in [5.74, 6) is 1.24. The third-order valence-electron chi connectivity index (χ3n) is 3.65. The van der Waals surface area contributed by atoms with E-state index in [1.165, 1.54) is 14.2 Å². The van der Waals surface area contributed by atoms with Crippen molar-refractivity contribution >= 4 is 13.3 Å². The molecular formula is C18H28O4P+. The van der Waals surface area contributed by atoms with Crippen LogP contribution < -0.4 is 9.47 Å². The first-order valence-electron chi connectivity index (χ1n) is 7.89. The maximum absolute atomic E-state index is 12.6. The van der Waals surface area contributed by atoms with Crippen LogP contribution in [0.2, 0.25) is 0 Å². The summed E-state index contributed by atoms with van der Waals surface area (Å²) < 4.78 is 22.9. The van der Waals surface area contributed by atoms with Crippen molar-refractivity contribution in [2.24, 2.45) is 11.3 Å². The molecule has 0 aromatic heterocycles. The second-order valence-corrected chi connectivity index (χ2v) is 8.71. The number of rotatable bonds is 8. The number of carbonyl (C=O) groups excluding carboxylic acids is 1. The molecule has 1 aromatic carbocycles. The van der Waals surface area contributed by atoms with Gasteiger partial charge in [0.05, 0.1) is 14.2 Å². The maximum atomic E-state index is 12.6. The normalized spacial score (nSPS) is 13.4. The van der Waals surface area contributed by atoms with E-state index in [0.29, 0.717) is 23.6 Å². The van der Waals surface area contributed by atoms with Gasteiger partial charge in [0.2, 0.25) is 0 Å². The van der Waals surface area contributed by atoms with Crippen LogP contribution in [-0.2, 0) is 4.57 Å². The summed E-state index contributed by atoms with van der Waals surface area (Å²) in [7, 11) is 0.995. The molecule has 0 aliphatic carbocycles. The molecule has 4 nitrogen and oxygen atoms in total. The van der Waals surface area contributed by atoms with E-state index in [-0.39, 0.29) is 11.0 Å². The van der Waals surface area contributed by atoms with Crippen LogP contribution in [0, 0.1) is 11.3 Å². The van der Waals surface area contributed by atoms with Crippen LogP contribution in [0.1, 0.15) is 50.9 Å². The second kappa shape index (κ2) is 8.44. The van der Waals surface area contributed by atoms with Crippen LogP contribution >= 0.6 is 7.80 Å². The Labute approximate surface area is 140 Å². The van der Waals surface area contributed by atoms with Gasteiger partial charge < -0.3 is 9.47 Å². The summed E-state index contributed by atoms with van der Waals surface area (Å²) in [6, 6.07) is 5.11. The predicted molar refractivity (Wildman–Crippen MR) is 94.2 cm³/mol. The van der Waals surface area contributed by atoms with Crippen LogP contribution in [0.25, 0.3) is 0 Å². The molecule has 0 saturated heterocycles. The molecule has 0 amide bonds. The molecule has 0 heterocycles. The van der Waals surface area contributed by atoms with Gasteiger partial charge in [-0.1, -0.05) is 38.3 Å². The molecular weight excluding hydrogens is 311 g/mol.